The fourth-order valence-electron chi connectivity index (χ4n) is 2.56. The summed E-state index contributed by atoms with van der Waals surface area (Å²) in [5.41, 5.74) is 6.58. The minimum Gasteiger partial charge on any atom is -0.490 e. The molecule has 2 rings (SSSR count). The number of carbonyl (C=O) groups excluding carboxylic acids is 1. The number of nitrogens with zero attached hydrogens (tertiary/aromatic N) is 2. The number of hydrogen-bond acceptors (Lipinski definition) is 6. The molecule has 1 amide bonds. The molecule has 0 atom stereocenters. The van der Waals surface area contributed by atoms with Gasteiger partial charge in [0.2, 0.25) is 5.75 Å². The van der Waals surface area contributed by atoms with E-state index in [-0.39, 0.29) is 24.0 Å². The second kappa shape index (κ2) is 10.1. The monoisotopic (exact) mass is 373 g/mol. The van der Waals surface area contributed by atoms with E-state index in [0.29, 0.717) is 25.4 Å². The van der Waals surface area contributed by atoms with Crippen molar-refractivity contribution in [1.29, 1.82) is 0 Å². The first-order chi connectivity index (χ1) is 13.0. The standard InChI is InChI=1S/C19H23N3O5/c1-26-18-13-16(7-8-17(18)22(24)25)27-14-19(23)21(12-10-20)11-9-15-5-3-2-4-6-15/h2-8,13H,9-12,14,20H2,1H3. The summed E-state index contributed by atoms with van der Waals surface area (Å²) in [5.74, 6) is 0.197. The first kappa shape index (κ1) is 20.2. The highest BCUT2D eigenvalue weighted by molar-refractivity contribution is 5.77. The van der Waals surface area contributed by atoms with Crippen LogP contribution in [-0.4, -0.2) is 49.1 Å². The van der Waals surface area contributed by atoms with Crippen LogP contribution in [-0.2, 0) is 11.2 Å². The fourth-order valence-corrected chi connectivity index (χ4v) is 2.56. The number of nitrogens with two attached hydrogens (primary N) is 1. The quantitative estimate of drug-likeness (QED) is 0.504. The molecule has 0 unspecified atom stereocenters. The Kier molecular flexibility index (Phi) is 7.57. The average Bonchev–Trinajstić information content (AvgIpc) is 2.69. The minimum atomic E-state index is -0.541. The number of nitro groups is 1. The van der Waals surface area contributed by atoms with Crippen LogP contribution in [0.4, 0.5) is 5.69 Å². The minimum absolute atomic E-state index is 0.0767. The van der Waals surface area contributed by atoms with E-state index in [4.69, 9.17) is 15.2 Å². The van der Waals surface area contributed by atoms with E-state index in [0.717, 1.165) is 12.0 Å². The van der Waals surface area contributed by atoms with Gasteiger partial charge >= 0.3 is 5.69 Å². The Morgan fingerprint density at radius 3 is 2.56 bits per heavy atom. The van der Waals surface area contributed by atoms with Crippen LogP contribution < -0.4 is 15.2 Å². The van der Waals surface area contributed by atoms with Crippen molar-refractivity contribution in [3.63, 3.8) is 0 Å². The molecule has 27 heavy (non-hydrogen) atoms. The van der Waals surface area contributed by atoms with E-state index < -0.39 is 4.92 Å². The molecule has 0 aliphatic rings. The molecule has 2 N–H and O–H groups in total. The van der Waals surface area contributed by atoms with Gasteiger partial charge in [0.1, 0.15) is 5.75 Å². The Hall–Kier alpha value is -3.13. The number of methoxy groups -OCH3 is 1. The summed E-state index contributed by atoms with van der Waals surface area (Å²) < 4.78 is 10.5. The lowest BCUT2D eigenvalue weighted by molar-refractivity contribution is -0.385. The molecule has 8 nitrogen and oxygen atoms in total. The number of ether oxygens (including phenoxy) is 2. The maximum atomic E-state index is 12.5. The Labute approximate surface area is 157 Å². The Morgan fingerprint density at radius 2 is 1.93 bits per heavy atom. The summed E-state index contributed by atoms with van der Waals surface area (Å²) in [4.78, 5) is 24.5. The topological polar surface area (TPSA) is 108 Å². The molecule has 8 heteroatoms. The first-order valence-electron chi connectivity index (χ1n) is 8.52. The molecular formula is C19H23N3O5. The Bertz CT molecular complexity index is 767. The number of amides is 1. The summed E-state index contributed by atoms with van der Waals surface area (Å²) in [6.07, 6.45) is 0.720. The molecule has 0 spiro atoms. The highest BCUT2D eigenvalue weighted by Crippen LogP contribution is 2.30. The second-order valence-corrected chi connectivity index (χ2v) is 5.78. The van der Waals surface area contributed by atoms with Crippen molar-refractivity contribution < 1.29 is 19.2 Å². The molecule has 0 bridgehead atoms. The number of nitro benzene ring substituents is 1. The van der Waals surface area contributed by atoms with Crippen molar-refractivity contribution in [2.24, 2.45) is 5.73 Å². The van der Waals surface area contributed by atoms with E-state index in [1.807, 2.05) is 30.3 Å². The van der Waals surface area contributed by atoms with Gasteiger partial charge in [0, 0.05) is 31.8 Å². The van der Waals surface area contributed by atoms with Gasteiger partial charge < -0.3 is 20.1 Å². The number of hydrogen-bond donors (Lipinski definition) is 1. The summed E-state index contributed by atoms with van der Waals surface area (Å²) in [6, 6.07) is 14.0. The Balaban J connectivity index is 1.95. The maximum Gasteiger partial charge on any atom is 0.311 e. The third-order valence-corrected chi connectivity index (χ3v) is 3.98. The van der Waals surface area contributed by atoms with Gasteiger partial charge in [0.25, 0.3) is 5.91 Å². The predicted molar refractivity (Wildman–Crippen MR) is 101 cm³/mol. The molecule has 0 saturated carbocycles. The lowest BCUT2D eigenvalue weighted by Gasteiger charge is -2.22. The predicted octanol–water partition coefficient (Wildman–Crippen LogP) is 2.01. The summed E-state index contributed by atoms with van der Waals surface area (Å²) >= 11 is 0. The molecule has 2 aromatic carbocycles. The van der Waals surface area contributed by atoms with Gasteiger partial charge in [-0.15, -0.1) is 0 Å². The molecule has 0 saturated heterocycles. The van der Waals surface area contributed by atoms with E-state index in [2.05, 4.69) is 0 Å². The number of carbonyl (C=O) groups is 1. The second-order valence-electron chi connectivity index (χ2n) is 5.78. The molecule has 2 aromatic rings. The summed E-state index contributed by atoms with van der Waals surface area (Å²) in [6.45, 7) is 1.13. The number of benzene rings is 2. The molecular weight excluding hydrogens is 350 g/mol. The van der Waals surface area contributed by atoms with Gasteiger partial charge in [-0.1, -0.05) is 30.3 Å². The molecule has 144 valence electrons. The van der Waals surface area contributed by atoms with Crippen molar-refractivity contribution in [1.82, 2.24) is 4.90 Å². The number of rotatable bonds is 10. The third kappa shape index (κ3) is 5.96. The zero-order valence-corrected chi connectivity index (χ0v) is 15.2. The van der Waals surface area contributed by atoms with Crippen LogP contribution >= 0.6 is 0 Å². The van der Waals surface area contributed by atoms with Crippen molar-refractivity contribution in [2.75, 3.05) is 33.4 Å². The van der Waals surface area contributed by atoms with Gasteiger partial charge in [-0.05, 0) is 18.1 Å². The zero-order valence-electron chi connectivity index (χ0n) is 15.2. The normalized spacial score (nSPS) is 10.3. The average molecular weight is 373 g/mol. The van der Waals surface area contributed by atoms with Crippen molar-refractivity contribution in [3.05, 3.63) is 64.2 Å². The van der Waals surface area contributed by atoms with Gasteiger partial charge in [-0.25, -0.2) is 0 Å². The van der Waals surface area contributed by atoms with Crippen molar-refractivity contribution >= 4 is 11.6 Å². The van der Waals surface area contributed by atoms with Crippen LogP contribution in [0.15, 0.2) is 48.5 Å². The molecule has 0 aromatic heterocycles. The van der Waals surface area contributed by atoms with E-state index in [9.17, 15) is 14.9 Å². The van der Waals surface area contributed by atoms with Crippen molar-refractivity contribution in [3.8, 4) is 11.5 Å². The molecule has 0 aliphatic heterocycles. The van der Waals surface area contributed by atoms with E-state index >= 15 is 0 Å². The van der Waals surface area contributed by atoms with Crippen molar-refractivity contribution in [2.45, 2.75) is 6.42 Å². The smallest absolute Gasteiger partial charge is 0.311 e. The lowest BCUT2D eigenvalue weighted by atomic mass is 10.1. The van der Waals surface area contributed by atoms with E-state index in [1.54, 1.807) is 4.90 Å². The van der Waals surface area contributed by atoms with Crippen LogP contribution in [0.1, 0.15) is 5.56 Å². The molecule has 0 fully saturated rings. The molecule has 0 radical (unpaired) electrons. The summed E-state index contributed by atoms with van der Waals surface area (Å²) in [5, 5.41) is 10.9. The largest absolute Gasteiger partial charge is 0.490 e. The van der Waals surface area contributed by atoms with E-state index in [1.165, 1.54) is 25.3 Å². The third-order valence-electron chi connectivity index (χ3n) is 3.98. The van der Waals surface area contributed by atoms with Crippen LogP contribution in [0.2, 0.25) is 0 Å². The van der Waals surface area contributed by atoms with Gasteiger partial charge in [-0.3, -0.25) is 14.9 Å². The fraction of sp³-hybridized carbons (Fsp3) is 0.316. The van der Waals surface area contributed by atoms with Gasteiger partial charge in [-0.2, -0.15) is 0 Å². The van der Waals surface area contributed by atoms with Gasteiger partial charge in [0.05, 0.1) is 12.0 Å². The highest BCUT2D eigenvalue weighted by atomic mass is 16.6. The molecule has 0 heterocycles. The van der Waals surface area contributed by atoms with Crippen LogP contribution in [0, 0.1) is 10.1 Å². The van der Waals surface area contributed by atoms with Gasteiger partial charge in [0.15, 0.2) is 6.61 Å². The maximum absolute atomic E-state index is 12.5. The van der Waals surface area contributed by atoms with Crippen LogP contribution in [0.25, 0.3) is 0 Å². The summed E-state index contributed by atoms with van der Waals surface area (Å²) in [7, 11) is 1.34. The lowest BCUT2D eigenvalue weighted by Crippen LogP contribution is -2.39. The molecule has 0 aliphatic carbocycles. The Morgan fingerprint density at radius 1 is 1.19 bits per heavy atom. The van der Waals surface area contributed by atoms with Crippen LogP contribution in [0.5, 0.6) is 11.5 Å². The van der Waals surface area contributed by atoms with Crippen LogP contribution in [0.3, 0.4) is 0 Å². The first-order valence-corrected chi connectivity index (χ1v) is 8.52. The zero-order chi connectivity index (χ0) is 19.6. The highest BCUT2D eigenvalue weighted by Gasteiger charge is 2.17. The SMILES string of the molecule is COc1cc(OCC(=O)N(CCN)CCc2ccccc2)ccc1[N+](=O)[O-].